The van der Waals surface area contributed by atoms with Crippen LogP contribution in [0.25, 0.3) is 10.9 Å². The minimum atomic E-state index is -0.407. The zero-order valence-electron chi connectivity index (χ0n) is 9.69. The third kappa shape index (κ3) is 1.86. The van der Waals surface area contributed by atoms with Crippen LogP contribution in [0.4, 0.5) is 10.1 Å². The van der Waals surface area contributed by atoms with Gasteiger partial charge in [-0.15, -0.1) is 0 Å². The van der Waals surface area contributed by atoms with Crippen molar-refractivity contribution in [2.45, 2.75) is 12.5 Å². The number of aliphatic hydroxyl groups excluding tert-OH is 1. The van der Waals surface area contributed by atoms with E-state index >= 15 is 0 Å². The van der Waals surface area contributed by atoms with E-state index in [2.05, 4.69) is 4.98 Å². The monoisotopic (exact) mass is 248 g/mol. The van der Waals surface area contributed by atoms with Gasteiger partial charge in [0.05, 0.1) is 17.3 Å². The van der Waals surface area contributed by atoms with Gasteiger partial charge in [0, 0.05) is 24.5 Å². The Hall–Kier alpha value is -1.88. The average Bonchev–Trinajstić information content (AvgIpc) is 2.75. The van der Waals surface area contributed by atoms with Gasteiger partial charge in [-0.2, -0.15) is 0 Å². The Labute approximate surface area is 103 Å². The van der Waals surface area contributed by atoms with Crippen LogP contribution in [0, 0.1) is 5.82 Å². The molecule has 0 spiro atoms. The normalized spacial score (nSPS) is 19.7. The minimum absolute atomic E-state index is 0.207. The Kier molecular flexibility index (Phi) is 2.56. The molecule has 94 valence electrons. The number of hydrogen-bond acceptors (Lipinski definition) is 3. The molecule has 0 unspecified atom stereocenters. The van der Waals surface area contributed by atoms with Crippen molar-refractivity contribution in [1.29, 1.82) is 0 Å². The molecule has 2 heterocycles. The largest absolute Gasteiger partial charge is 0.391 e. The van der Waals surface area contributed by atoms with Crippen molar-refractivity contribution < 1.29 is 9.50 Å². The highest BCUT2D eigenvalue weighted by atomic mass is 19.1. The smallest absolute Gasteiger partial charge is 0.248 e. The number of aromatic amines is 1. The fourth-order valence-corrected chi connectivity index (χ4v) is 2.37. The second-order valence-electron chi connectivity index (χ2n) is 4.60. The number of β-amino-alcohol motifs (C(OH)–C–C–N with tert-alkyl or cyclic N) is 1. The maximum Gasteiger partial charge on any atom is 0.248 e. The number of pyridine rings is 1. The molecule has 0 aliphatic carbocycles. The van der Waals surface area contributed by atoms with E-state index in [4.69, 9.17) is 0 Å². The van der Waals surface area contributed by atoms with Crippen LogP contribution in [0.5, 0.6) is 0 Å². The lowest BCUT2D eigenvalue weighted by Crippen LogP contribution is -2.22. The van der Waals surface area contributed by atoms with Crippen LogP contribution < -0.4 is 10.5 Å². The summed E-state index contributed by atoms with van der Waals surface area (Å²) in [5.41, 5.74) is 0.836. The molecule has 1 fully saturated rings. The average molecular weight is 248 g/mol. The van der Waals surface area contributed by atoms with Gasteiger partial charge in [-0.05, 0) is 24.6 Å². The second-order valence-corrected chi connectivity index (χ2v) is 4.60. The Morgan fingerprint density at radius 3 is 2.94 bits per heavy atom. The quantitative estimate of drug-likeness (QED) is 0.798. The summed E-state index contributed by atoms with van der Waals surface area (Å²) >= 11 is 0. The van der Waals surface area contributed by atoms with Gasteiger partial charge in [-0.1, -0.05) is 0 Å². The second kappa shape index (κ2) is 4.10. The number of halogens is 1. The number of nitrogens with zero attached hydrogens (tertiary/aromatic N) is 1. The van der Waals surface area contributed by atoms with Crippen LogP contribution in [0.15, 0.2) is 29.1 Å². The Balaban J connectivity index is 2.11. The molecule has 2 N–H and O–H groups in total. The number of aliphatic hydroxyl groups is 1. The molecule has 1 atom stereocenters. The molecule has 1 saturated heterocycles. The first-order chi connectivity index (χ1) is 8.63. The van der Waals surface area contributed by atoms with E-state index in [1.807, 2.05) is 0 Å². The van der Waals surface area contributed by atoms with Gasteiger partial charge < -0.3 is 15.0 Å². The number of fused-ring (bicyclic) bond motifs is 1. The first kappa shape index (κ1) is 11.2. The van der Waals surface area contributed by atoms with E-state index in [0.29, 0.717) is 36.1 Å². The van der Waals surface area contributed by atoms with E-state index in [1.165, 1.54) is 12.1 Å². The molecule has 5 heteroatoms. The highest BCUT2D eigenvalue weighted by Crippen LogP contribution is 2.27. The van der Waals surface area contributed by atoms with Crippen LogP contribution in [0.2, 0.25) is 0 Å². The summed E-state index contributed by atoms with van der Waals surface area (Å²) in [6.45, 7) is 1.06. The zero-order chi connectivity index (χ0) is 12.7. The predicted molar refractivity (Wildman–Crippen MR) is 67.4 cm³/mol. The number of nitrogens with one attached hydrogen (secondary N) is 1. The Morgan fingerprint density at radius 2 is 2.22 bits per heavy atom. The van der Waals surface area contributed by atoms with Crippen LogP contribution in [-0.4, -0.2) is 29.3 Å². The summed E-state index contributed by atoms with van der Waals surface area (Å²) in [7, 11) is 0. The van der Waals surface area contributed by atoms with Gasteiger partial charge in [0.1, 0.15) is 5.82 Å². The van der Waals surface area contributed by atoms with Gasteiger partial charge in [0.25, 0.3) is 0 Å². The molecule has 0 saturated carbocycles. The van der Waals surface area contributed by atoms with Crippen LogP contribution in [0.1, 0.15) is 6.42 Å². The van der Waals surface area contributed by atoms with Crippen molar-refractivity contribution >= 4 is 16.6 Å². The summed E-state index contributed by atoms with van der Waals surface area (Å²) in [6, 6.07) is 6.01. The number of rotatable bonds is 1. The maximum absolute atomic E-state index is 14.0. The highest BCUT2D eigenvalue weighted by molar-refractivity contribution is 5.82. The maximum atomic E-state index is 14.0. The first-order valence-corrected chi connectivity index (χ1v) is 5.89. The summed E-state index contributed by atoms with van der Waals surface area (Å²) in [5, 5.41) is 10.1. The molecule has 3 rings (SSSR count). The summed E-state index contributed by atoms with van der Waals surface area (Å²) in [4.78, 5) is 15.7. The molecule has 0 amide bonds. The van der Waals surface area contributed by atoms with Crippen molar-refractivity contribution in [3.63, 3.8) is 0 Å². The molecule has 18 heavy (non-hydrogen) atoms. The van der Waals surface area contributed by atoms with Crippen molar-refractivity contribution in [3.8, 4) is 0 Å². The van der Waals surface area contributed by atoms with Crippen LogP contribution in [0.3, 0.4) is 0 Å². The Bertz CT molecular complexity index is 653. The third-order valence-electron chi connectivity index (χ3n) is 3.30. The lowest BCUT2D eigenvalue weighted by Gasteiger charge is -2.19. The van der Waals surface area contributed by atoms with Crippen molar-refractivity contribution in [1.82, 2.24) is 4.98 Å². The standard InChI is InChI=1S/C13H13FN2O2/c14-10-5-8-1-2-13(18)15-11(8)6-12(10)16-4-3-9(17)7-16/h1-2,5-6,9,17H,3-4,7H2,(H,15,18)/t9-/m1/s1. The van der Waals surface area contributed by atoms with Gasteiger partial charge in [-0.25, -0.2) is 4.39 Å². The highest BCUT2D eigenvalue weighted by Gasteiger charge is 2.23. The molecular formula is C13H13FN2O2. The summed E-state index contributed by atoms with van der Waals surface area (Å²) in [6.07, 6.45) is 0.234. The SMILES string of the molecule is O=c1ccc2cc(F)c(N3CC[C@@H](O)C3)cc2[nH]1. The summed E-state index contributed by atoms with van der Waals surface area (Å²) < 4.78 is 14.0. The van der Waals surface area contributed by atoms with Gasteiger partial charge in [0.15, 0.2) is 0 Å². The van der Waals surface area contributed by atoms with E-state index in [1.54, 1.807) is 17.0 Å². The lowest BCUT2D eigenvalue weighted by molar-refractivity contribution is 0.198. The van der Waals surface area contributed by atoms with Crippen molar-refractivity contribution in [2.24, 2.45) is 0 Å². The molecule has 1 aromatic heterocycles. The molecule has 0 bridgehead atoms. The first-order valence-electron chi connectivity index (χ1n) is 5.89. The number of anilines is 1. The molecule has 2 aromatic rings. The zero-order valence-corrected chi connectivity index (χ0v) is 9.69. The molecule has 1 aliphatic rings. The predicted octanol–water partition coefficient (Wildman–Crippen LogP) is 1.24. The van der Waals surface area contributed by atoms with Crippen molar-refractivity contribution in [2.75, 3.05) is 18.0 Å². The third-order valence-corrected chi connectivity index (χ3v) is 3.30. The van der Waals surface area contributed by atoms with Gasteiger partial charge in [0.2, 0.25) is 5.56 Å². The number of H-pyrrole nitrogens is 1. The van der Waals surface area contributed by atoms with E-state index in [-0.39, 0.29) is 11.4 Å². The molecule has 4 nitrogen and oxygen atoms in total. The van der Waals surface area contributed by atoms with Crippen LogP contribution >= 0.6 is 0 Å². The van der Waals surface area contributed by atoms with E-state index < -0.39 is 6.10 Å². The van der Waals surface area contributed by atoms with Crippen LogP contribution in [-0.2, 0) is 0 Å². The van der Waals surface area contributed by atoms with Crippen molar-refractivity contribution in [3.05, 3.63) is 40.4 Å². The fraction of sp³-hybridized carbons (Fsp3) is 0.308. The lowest BCUT2D eigenvalue weighted by atomic mass is 10.2. The van der Waals surface area contributed by atoms with E-state index in [0.717, 1.165) is 0 Å². The molecule has 1 aliphatic heterocycles. The van der Waals surface area contributed by atoms with Gasteiger partial charge >= 0.3 is 0 Å². The fourth-order valence-electron chi connectivity index (χ4n) is 2.37. The number of hydrogen-bond donors (Lipinski definition) is 2. The van der Waals surface area contributed by atoms with E-state index in [9.17, 15) is 14.3 Å². The summed E-state index contributed by atoms with van der Waals surface area (Å²) in [5.74, 6) is -0.330. The molecule has 0 radical (unpaired) electrons. The molecular weight excluding hydrogens is 235 g/mol. The van der Waals surface area contributed by atoms with Gasteiger partial charge in [-0.3, -0.25) is 4.79 Å². The number of benzene rings is 1. The Morgan fingerprint density at radius 1 is 1.39 bits per heavy atom. The minimum Gasteiger partial charge on any atom is -0.391 e. The number of aromatic nitrogens is 1. The topological polar surface area (TPSA) is 56.3 Å². The molecule has 1 aromatic carbocycles.